The van der Waals surface area contributed by atoms with Gasteiger partial charge in [0, 0.05) is 12.0 Å². The molecule has 0 aromatic heterocycles. The zero-order valence-electron chi connectivity index (χ0n) is 21.0. The average Bonchev–Trinajstić information content (AvgIpc) is 2.86. The zero-order valence-corrected chi connectivity index (χ0v) is 21.0. The van der Waals surface area contributed by atoms with Gasteiger partial charge in [-0.2, -0.15) is 22.0 Å². The first-order valence-electron chi connectivity index (χ1n) is 11.9. The molecular weight excluding hydrogens is 578 g/mol. The van der Waals surface area contributed by atoms with E-state index in [1.807, 2.05) is 19.1 Å². The molecule has 5 aromatic carbocycles. The van der Waals surface area contributed by atoms with Gasteiger partial charge in [-0.05, 0) is 64.5 Å². The summed E-state index contributed by atoms with van der Waals surface area (Å²) < 4.78 is 145. The molecule has 0 fully saturated rings. The van der Waals surface area contributed by atoms with Crippen LogP contribution in [0.15, 0.2) is 66.7 Å². The second-order valence-corrected chi connectivity index (χ2v) is 9.30. The summed E-state index contributed by atoms with van der Waals surface area (Å²) in [6.07, 6.45) is -9.84. The molecule has 0 bridgehead atoms. The van der Waals surface area contributed by atoms with Crippen molar-refractivity contribution in [3.05, 3.63) is 113 Å². The standard InChI is InChI=1S/C31H14F10O/c1-15-2-3-17-9-18(5-4-16(17)8-15)19-11-25(34)28(26(35)12-19)31(40,41)42-21-10-20-13-23(32)22(6-7-30(37,38)39)29(36)27(20)24(33)14-21/h2-5,8-14H,1H3. The van der Waals surface area contributed by atoms with Gasteiger partial charge in [0.1, 0.15) is 34.6 Å². The number of aryl methyl sites for hydroxylation is 1. The van der Waals surface area contributed by atoms with Gasteiger partial charge in [-0.15, -0.1) is 0 Å². The molecule has 0 aliphatic rings. The van der Waals surface area contributed by atoms with Crippen molar-refractivity contribution in [3.8, 4) is 28.7 Å². The second-order valence-electron chi connectivity index (χ2n) is 9.30. The minimum atomic E-state index is -5.10. The SMILES string of the molecule is Cc1ccc2cc(-c3cc(F)c(C(F)(F)Oc4cc(F)c5c(F)c(C#CC(F)(F)F)c(F)cc5c4)c(F)c3)ccc2c1. The van der Waals surface area contributed by atoms with E-state index in [0.29, 0.717) is 35.7 Å². The number of benzene rings is 5. The van der Waals surface area contributed by atoms with Crippen LogP contribution in [0.4, 0.5) is 43.9 Å². The molecule has 0 atom stereocenters. The van der Waals surface area contributed by atoms with Crippen molar-refractivity contribution in [3.63, 3.8) is 0 Å². The van der Waals surface area contributed by atoms with Crippen LogP contribution in [0.5, 0.6) is 5.75 Å². The first-order valence-corrected chi connectivity index (χ1v) is 11.9. The number of ether oxygens (including phenoxy) is 1. The molecule has 5 rings (SSSR count). The molecule has 0 aliphatic carbocycles. The monoisotopic (exact) mass is 592 g/mol. The third kappa shape index (κ3) is 5.57. The first kappa shape index (κ1) is 28.8. The van der Waals surface area contributed by atoms with E-state index >= 15 is 8.78 Å². The second kappa shape index (κ2) is 10.3. The molecule has 11 heteroatoms. The van der Waals surface area contributed by atoms with Crippen LogP contribution in [0.25, 0.3) is 32.7 Å². The molecular formula is C31H14F10O. The van der Waals surface area contributed by atoms with Gasteiger partial charge in [0.25, 0.3) is 0 Å². The number of halogens is 10. The highest BCUT2D eigenvalue weighted by Crippen LogP contribution is 2.39. The molecule has 0 saturated carbocycles. The van der Waals surface area contributed by atoms with Crippen molar-refractivity contribution >= 4 is 21.5 Å². The molecule has 42 heavy (non-hydrogen) atoms. The minimum absolute atomic E-state index is 0.0563. The molecule has 0 unspecified atom stereocenters. The number of rotatable bonds is 4. The van der Waals surface area contributed by atoms with E-state index in [0.717, 1.165) is 16.3 Å². The fourth-order valence-corrected chi connectivity index (χ4v) is 4.45. The van der Waals surface area contributed by atoms with Crippen molar-refractivity contribution in [1.82, 2.24) is 0 Å². The molecule has 0 aliphatic heterocycles. The Labute approximate surface area is 231 Å². The Morgan fingerprint density at radius 1 is 0.619 bits per heavy atom. The van der Waals surface area contributed by atoms with Crippen molar-refractivity contribution in [1.29, 1.82) is 0 Å². The topological polar surface area (TPSA) is 9.23 Å². The lowest BCUT2D eigenvalue weighted by atomic mass is 9.98. The summed E-state index contributed by atoms with van der Waals surface area (Å²) in [5.41, 5.74) is -1.94. The smallest absolute Gasteiger partial charge is 0.429 e. The normalized spacial score (nSPS) is 12.0. The number of fused-ring (bicyclic) bond motifs is 2. The lowest BCUT2D eigenvalue weighted by Gasteiger charge is -2.20. The van der Waals surface area contributed by atoms with Gasteiger partial charge in [-0.1, -0.05) is 41.8 Å². The van der Waals surface area contributed by atoms with Gasteiger partial charge in [0.2, 0.25) is 0 Å². The fraction of sp³-hybridized carbons (Fsp3) is 0.0968. The molecule has 214 valence electrons. The molecule has 0 saturated heterocycles. The van der Waals surface area contributed by atoms with Crippen molar-refractivity contribution in [2.45, 2.75) is 19.2 Å². The van der Waals surface area contributed by atoms with Crippen molar-refractivity contribution < 1.29 is 48.6 Å². The van der Waals surface area contributed by atoms with Crippen LogP contribution >= 0.6 is 0 Å². The highest BCUT2D eigenvalue weighted by Gasteiger charge is 2.41. The van der Waals surface area contributed by atoms with Crippen molar-refractivity contribution in [2.75, 3.05) is 0 Å². The van der Waals surface area contributed by atoms with Crippen LogP contribution in [0.1, 0.15) is 16.7 Å². The Hall–Kier alpha value is -4.72. The lowest BCUT2D eigenvalue weighted by Crippen LogP contribution is -2.25. The molecule has 1 nitrogen and oxygen atoms in total. The highest BCUT2D eigenvalue weighted by molar-refractivity contribution is 5.88. The summed E-state index contributed by atoms with van der Waals surface area (Å²) in [7, 11) is 0. The van der Waals surface area contributed by atoms with E-state index in [9.17, 15) is 35.1 Å². The van der Waals surface area contributed by atoms with Gasteiger partial charge in [-0.3, -0.25) is 0 Å². The number of alkyl halides is 5. The Morgan fingerprint density at radius 3 is 1.93 bits per heavy atom. The third-order valence-electron chi connectivity index (χ3n) is 6.29. The maximum atomic E-state index is 15.0. The summed E-state index contributed by atoms with van der Waals surface area (Å²) in [5.74, 6) is -7.66. The van der Waals surface area contributed by atoms with E-state index < -0.39 is 69.0 Å². The molecule has 5 aromatic rings. The molecule has 0 radical (unpaired) electrons. The number of hydrogen-bond donors (Lipinski definition) is 0. The molecule has 0 N–H and O–H groups in total. The molecule has 0 amide bonds. The Balaban J connectivity index is 1.50. The Kier molecular flexibility index (Phi) is 7.05. The quantitative estimate of drug-likeness (QED) is 0.149. The van der Waals surface area contributed by atoms with Crippen LogP contribution in [0, 0.1) is 47.9 Å². The van der Waals surface area contributed by atoms with Crippen LogP contribution in [0.3, 0.4) is 0 Å². The molecule has 0 heterocycles. The Bertz CT molecular complexity index is 1930. The van der Waals surface area contributed by atoms with E-state index in [4.69, 9.17) is 0 Å². The average molecular weight is 592 g/mol. The van der Waals surface area contributed by atoms with Gasteiger partial charge >= 0.3 is 12.3 Å². The van der Waals surface area contributed by atoms with Gasteiger partial charge in [0.05, 0.1) is 10.9 Å². The maximum Gasteiger partial charge on any atom is 0.458 e. The maximum absolute atomic E-state index is 15.0. The van der Waals surface area contributed by atoms with E-state index in [1.54, 1.807) is 24.3 Å². The van der Waals surface area contributed by atoms with Crippen molar-refractivity contribution in [2.24, 2.45) is 0 Å². The van der Waals surface area contributed by atoms with Crippen LogP contribution < -0.4 is 4.74 Å². The van der Waals surface area contributed by atoms with E-state index in [-0.39, 0.29) is 11.6 Å². The summed E-state index contributed by atoms with van der Waals surface area (Å²) in [6, 6.07) is 12.8. The molecule has 0 spiro atoms. The van der Waals surface area contributed by atoms with Crippen LogP contribution in [-0.4, -0.2) is 6.18 Å². The van der Waals surface area contributed by atoms with Crippen LogP contribution in [-0.2, 0) is 6.11 Å². The first-order chi connectivity index (χ1) is 19.6. The summed E-state index contributed by atoms with van der Waals surface area (Å²) in [4.78, 5) is 0. The summed E-state index contributed by atoms with van der Waals surface area (Å²) in [6.45, 7) is 1.88. The third-order valence-corrected chi connectivity index (χ3v) is 6.29. The lowest BCUT2D eigenvalue weighted by molar-refractivity contribution is -0.189. The largest absolute Gasteiger partial charge is 0.458 e. The van der Waals surface area contributed by atoms with Gasteiger partial charge in [0.15, 0.2) is 5.82 Å². The Morgan fingerprint density at radius 2 is 1.26 bits per heavy atom. The predicted molar refractivity (Wildman–Crippen MR) is 135 cm³/mol. The highest BCUT2D eigenvalue weighted by atomic mass is 19.4. The van der Waals surface area contributed by atoms with E-state index in [1.165, 1.54) is 5.92 Å². The minimum Gasteiger partial charge on any atom is -0.429 e. The van der Waals surface area contributed by atoms with Gasteiger partial charge in [-0.25, -0.2) is 22.0 Å². The van der Waals surface area contributed by atoms with E-state index in [2.05, 4.69) is 4.74 Å². The summed E-state index contributed by atoms with van der Waals surface area (Å²) in [5, 5.41) is -0.201. The summed E-state index contributed by atoms with van der Waals surface area (Å²) >= 11 is 0. The zero-order chi connectivity index (χ0) is 30.6. The number of hydrogen-bond acceptors (Lipinski definition) is 1. The predicted octanol–water partition coefficient (Wildman–Crippen LogP) is 9.71. The van der Waals surface area contributed by atoms with Crippen LogP contribution in [0.2, 0.25) is 0 Å². The fourth-order valence-electron chi connectivity index (χ4n) is 4.45. The van der Waals surface area contributed by atoms with Gasteiger partial charge < -0.3 is 4.74 Å².